The molecule has 0 aliphatic rings. The summed E-state index contributed by atoms with van der Waals surface area (Å²) in [6.07, 6.45) is 3.06. The van der Waals surface area contributed by atoms with Crippen LogP contribution in [0.25, 0.3) is 11.2 Å². The lowest BCUT2D eigenvalue weighted by Crippen LogP contribution is -2.11. The van der Waals surface area contributed by atoms with Gasteiger partial charge in [0.2, 0.25) is 0 Å². The van der Waals surface area contributed by atoms with Crippen LogP contribution in [0.15, 0.2) is 0 Å². The van der Waals surface area contributed by atoms with E-state index in [0.29, 0.717) is 5.92 Å². The second-order valence-corrected chi connectivity index (χ2v) is 6.02. The summed E-state index contributed by atoms with van der Waals surface area (Å²) in [5, 5.41) is 4.54. The van der Waals surface area contributed by atoms with Gasteiger partial charge in [0, 0.05) is 13.6 Å². The van der Waals surface area contributed by atoms with Crippen molar-refractivity contribution >= 4 is 35.1 Å². The van der Waals surface area contributed by atoms with Crippen molar-refractivity contribution in [2.45, 2.75) is 26.8 Å². The summed E-state index contributed by atoms with van der Waals surface area (Å²) in [7, 11) is 1.99. The lowest BCUT2D eigenvalue weighted by molar-refractivity contribution is 0.527. The Balaban J connectivity index is 2.47. The molecular weight excluding hydrogens is 264 g/mol. The molecule has 0 amide bonds. The first-order chi connectivity index (χ1) is 8.58. The van der Waals surface area contributed by atoms with Gasteiger partial charge in [0.25, 0.3) is 0 Å². The smallest absolute Gasteiger partial charge is 0.179 e. The molecule has 0 aliphatic carbocycles. The molecule has 2 aromatic heterocycles. The minimum absolute atomic E-state index is 0.602. The standard InChI is InChI=1S/C12H20N4S2/c1-5-9-10-11(15(3)14-9)16(12(17)13-10)6-8(2)7-18-4/h8H,5-7H2,1-4H3,(H,13,17). The topological polar surface area (TPSA) is 38.5 Å². The fourth-order valence-electron chi connectivity index (χ4n) is 2.34. The molecule has 2 aromatic rings. The van der Waals surface area contributed by atoms with Gasteiger partial charge in [0.1, 0.15) is 5.52 Å². The average Bonchev–Trinajstić information content (AvgIpc) is 2.79. The molecule has 0 saturated carbocycles. The van der Waals surface area contributed by atoms with Crippen LogP contribution in [0.3, 0.4) is 0 Å². The number of fused-ring (bicyclic) bond motifs is 1. The van der Waals surface area contributed by atoms with Gasteiger partial charge < -0.3 is 9.55 Å². The zero-order valence-corrected chi connectivity index (χ0v) is 13.0. The minimum atomic E-state index is 0.602. The van der Waals surface area contributed by atoms with E-state index in [1.165, 1.54) is 0 Å². The van der Waals surface area contributed by atoms with Crippen LogP contribution in [0.5, 0.6) is 0 Å². The van der Waals surface area contributed by atoms with Crippen LogP contribution < -0.4 is 0 Å². The summed E-state index contributed by atoms with van der Waals surface area (Å²) < 4.78 is 4.92. The number of imidazole rings is 1. The number of hydrogen-bond donors (Lipinski definition) is 1. The Morgan fingerprint density at radius 2 is 2.22 bits per heavy atom. The van der Waals surface area contributed by atoms with Crippen molar-refractivity contribution < 1.29 is 0 Å². The molecule has 4 nitrogen and oxygen atoms in total. The Kier molecular flexibility index (Phi) is 4.17. The minimum Gasteiger partial charge on any atom is -0.328 e. The van der Waals surface area contributed by atoms with Crippen molar-refractivity contribution in [3.05, 3.63) is 10.5 Å². The van der Waals surface area contributed by atoms with Gasteiger partial charge in [-0.1, -0.05) is 13.8 Å². The maximum absolute atomic E-state index is 5.44. The number of hydrogen-bond acceptors (Lipinski definition) is 3. The number of aryl methyl sites for hydroxylation is 2. The van der Waals surface area contributed by atoms with Crippen molar-refractivity contribution in [2.75, 3.05) is 12.0 Å². The van der Waals surface area contributed by atoms with Gasteiger partial charge in [-0.15, -0.1) is 0 Å². The summed E-state index contributed by atoms with van der Waals surface area (Å²) in [5.74, 6) is 1.75. The van der Waals surface area contributed by atoms with Crippen LogP contribution in [0.4, 0.5) is 0 Å². The Morgan fingerprint density at radius 1 is 1.50 bits per heavy atom. The molecule has 0 fully saturated rings. The summed E-state index contributed by atoms with van der Waals surface area (Å²) in [6.45, 7) is 5.32. The zero-order valence-electron chi connectivity index (χ0n) is 11.4. The van der Waals surface area contributed by atoms with Crippen LogP contribution in [0.1, 0.15) is 19.5 Å². The Bertz CT molecular complexity index is 593. The Labute approximate surface area is 117 Å². The average molecular weight is 284 g/mol. The van der Waals surface area contributed by atoms with E-state index in [2.05, 4.69) is 34.8 Å². The van der Waals surface area contributed by atoms with Crippen LogP contribution in [-0.4, -0.2) is 31.3 Å². The second kappa shape index (κ2) is 5.48. The van der Waals surface area contributed by atoms with E-state index < -0.39 is 0 Å². The van der Waals surface area contributed by atoms with Gasteiger partial charge in [0.15, 0.2) is 10.4 Å². The number of thioether (sulfide) groups is 1. The van der Waals surface area contributed by atoms with E-state index in [0.717, 1.165) is 40.3 Å². The highest BCUT2D eigenvalue weighted by molar-refractivity contribution is 7.98. The quantitative estimate of drug-likeness (QED) is 0.858. The van der Waals surface area contributed by atoms with E-state index >= 15 is 0 Å². The first-order valence-electron chi connectivity index (χ1n) is 6.21. The molecule has 2 heterocycles. The molecular formula is C12H20N4S2. The number of aromatic nitrogens is 4. The van der Waals surface area contributed by atoms with E-state index in [1.54, 1.807) is 0 Å². The number of nitrogens with one attached hydrogen (secondary N) is 1. The number of nitrogens with zero attached hydrogens (tertiary/aromatic N) is 3. The highest BCUT2D eigenvalue weighted by Crippen LogP contribution is 2.20. The Morgan fingerprint density at radius 3 is 2.83 bits per heavy atom. The summed E-state index contributed by atoms with van der Waals surface area (Å²) in [4.78, 5) is 3.30. The fraction of sp³-hybridized carbons (Fsp3) is 0.667. The zero-order chi connectivity index (χ0) is 13.3. The maximum atomic E-state index is 5.44. The monoisotopic (exact) mass is 284 g/mol. The van der Waals surface area contributed by atoms with Crippen molar-refractivity contribution in [3.8, 4) is 0 Å². The molecule has 1 N–H and O–H groups in total. The van der Waals surface area contributed by atoms with Gasteiger partial charge in [0.05, 0.1) is 5.69 Å². The molecule has 0 aliphatic heterocycles. The van der Waals surface area contributed by atoms with Crippen LogP contribution in [0, 0.1) is 10.7 Å². The first-order valence-corrected chi connectivity index (χ1v) is 8.02. The molecule has 0 aromatic carbocycles. The van der Waals surface area contributed by atoms with Crippen molar-refractivity contribution in [3.63, 3.8) is 0 Å². The Hall–Kier alpha value is -0.750. The van der Waals surface area contributed by atoms with Gasteiger partial charge in [-0.2, -0.15) is 16.9 Å². The fourth-order valence-corrected chi connectivity index (χ4v) is 3.28. The number of aromatic amines is 1. The molecule has 0 bridgehead atoms. The first kappa shape index (κ1) is 13.7. The van der Waals surface area contributed by atoms with Crippen LogP contribution in [-0.2, 0) is 20.0 Å². The van der Waals surface area contributed by atoms with Crippen molar-refractivity contribution in [1.82, 2.24) is 19.3 Å². The molecule has 0 saturated heterocycles. The SMILES string of the molecule is CCc1nn(C)c2c1[nH]c(=S)n2CC(C)CSC. The summed E-state index contributed by atoms with van der Waals surface area (Å²) >= 11 is 7.31. The van der Waals surface area contributed by atoms with E-state index in [1.807, 2.05) is 23.5 Å². The molecule has 100 valence electrons. The van der Waals surface area contributed by atoms with Gasteiger partial charge in [-0.3, -0.25) is 4.68 Å². The maximum Gasteiger partial charge on any atom is 0.179 e. The molecule has 1 unspecified atom stereocenters. The number of H-pyrrole nitrogens is 1. The predicted octanol–water partition coefficient (Wildman–Crippen LogP) is 2.99. The van der Waals surface area contributed by atoms with E-state index in [4.69, 9.17) is 12.2 Å². The van der Waals surface area contributed by atoms with E-state index in [9.17, 15) is 0 Å². The molecule has 18 heavy (non-hydrogen) atoms. The van der Waals surface area contributed by atoms with Crippen LogP contribution in [0.2, 0.25) is 0 Å². The summed E-state index contributed by atoms with van der Waals surface area (Å²) in [5.41, 5.74) is 3.31. The summed E-state index contributed by atoms with van der Waals surface area (Å²) in [6, 6.07) is 0. The van der Waals surface area contributed by atoms with Gasteiger partial charge in [-0.25, -0.2) is 0 Å². The second-order valence-electron chi connectivity index (χ2n) is 4.72. The molecule has 2 rings (SSSR count). The lowest BCUT2D eigenvalue weighted by atomic mass is 10.2. The normalized spacial score (nSPS) is 13.3. The lowest BCUT2D eigenvalue weighted by Gasteiger charge is -2.11. The third-order valence-electron chi connectivity index (χ3n) is 3.10. The third kappa shape index (κ3) is 2.36. The highest BCUT2D eigenvalue weighted by Gasteiger charge is 2.15. The molecule has 1 atom stereocenters. The van der Waals surface area contributed by atoms with Crippen molar-refractivity contribution in [1.29, 1.82) is 0 Å². The molecule has 0 spiro atoms. The van der Waals surface area contributed by atoms with Crippen molar-refractivity contribution in [2.24, 2.45) is 13.0 Å². The third-order valence-corrected chi connectivity index (χ3v) is 4.33. The molecule has 0 radical (unpaired) electrons. The largest absolute Gasteiger partial charge is 0.328 e. The van der Waals surface area contributed by atoms with E-state index in [-0.39, 0.29) is 0 Å². The molecule has 6 heteroatoms. The predicted molar refractivity (Wildman–Crippen MR) is 80.8 cm³/mol. The van der Waals surface area contributed by atoms with Gasteiger partial charge >= 0.3 is 0 Å². The highest BCUT2D eigenvalue weighted by atomic mass is 32.2. The van der Waals surface area contributed by atoms with Gasteiger partial charge in [-0.05, 0) is 36.6 Å². The van der Waals surface area contributed by atoms with Crippen LogP contribution >= 0.6 is 24.0 Å². The number of rotatable bonds is 5.